The minimum absolute atomic E-state index is 0.101. The molecule has 3 aromatic rings. The Labute approximate surface area is 280 Å². The van der Waals surface area contributed by atoms with E-state index in [1.54, 1.807) is 32.9 Å². The van der Waals surface area contributed by atoms with Crippen LogP contribution in [-0.4, -0.2) is 46.7 Å². The lowest BCUT2D eigenvalue weighted by Gasteiger charge is -2.43. The molecule has 1 amide bonds. The molecule has 1 atom stereocenters. The lowest BCUT2D eigenvalue weighted by molar-refractivity contribution is -0.145. The van der Waals surface area contributed by atoms with Crippen molar-refractivity contribution in [3.05, 3.63) is 88.4 Å². The van der Waals surface area contributed by atoms with Crippen LogP contribution >= 0.6 is 23.2 Å². The highest BCUT2D eigenvalue weighted by Crippen LogP contribution is 2.42. The van der Waals surface area contributed by atoms with Crippen molar-refractivity contribution in [1.29, 1.82) is 0 Å². The van der Waals surface area contributed by atoms with Crippen LogP contribution in [0.5, 0.6) is 5.75 Å². The number of carbonyl (C=O) groups excluding carboxylic acids is 2. The van der Waals surface area contributed by atoms with Crippen molar-refractivity contribution >= 4 is 62.0 Å². The molecule has 3 aromatic carbocycles. The maximum atomic E-state index is 13.2. The van der Waals surface area contributed by atoms with Gasteiger partial charge in [-0.2, -0.15) is 0 Å². The van der Waals surface area contributed by atoms with Gasteiger partial charge in [0.05, 0.1) is 16.7 Å². The number of hydrogen-bond acceptors (Lipinski definition) is 5. The maximum absolute atomic E-state index is 13.2. The zero-order valence-electron chi connectivity index (χ0n) is 27.9. The van der Waals surface area contributed by atoms with Crippen LogP contribution < -0.4 is 20.1 Å². The molecule has 244 valence electrons. The molecule has 0 saturated heterocycles. The topological polar surface area (TPSA) is 73.9 Å². The Kier molecular flexibility index (Phi) is 12.0. The molecule has 0 bridgehead atoms. The van der Waals surface area contributed by atoms with Crippen LogP contribution in [0.3, 0.4) is 0 Å². The van der Waals surface area contributed by atoms with Gasteiger partial charge in [-0.15, -0.1) is 0 Å². The van der Waals surface area contributed by atoms with Crippen LogP contribution in [0.2, 0.25) is 40.8 Å². The largest absolute Gasteiger partial charge is 0.532 e. The lowest BCUT2D eigenvalue weighted by Crippen LogP contribution is -2.68. The molecule has 10 heteroatoms. The Morgan fingerprint density at radius 2 is 1.31 bits per heavy atom. The first-order valence-electron chi connectivity index (χ1n) is 15.3. The smallest absolute Gasteiger partial charge is 0.408 e. The molecule has 0 unspecified atom stereocenters. The Morgan fingerprint density at radius 3 is 1.73 bits per heavy atom. The third-order valence-electron chi connectivity index (χ3n) is 7.24. The summed E-state index contributed by atoms with van der Waals surface area (Å²) in [7, 11) is -4.44. The fraction of sp³-hybridized carbons (Fsp3) is 0.429. The summed E-state index contributed by atoms with van der Waals surface area (Å²) in [5, 5.41) is 5.19. The number of nitrogens with one attached hydrogen (secondary N) is 1. The average molecular weight is 689 g/mol. The van der Waals surface area contributed by atoms with E-state index in [1.807, 2.05) is 36.4 Å². The van der Waals surface area contributed by atoms with Crippen molar-refractivity contribution in [3.63, 3.8) is 0 Å². The van der Waals surface area contributed by atoms with Gasteiger partial charge < -0.3 is 19.2 Å². The number of carbonyl (C=O) groups is 2. The van der Waals surface area contributed by atoms with Crippen LogP contribution in [0.15, 0.2) is 72.8 Å². The van der Waals surface area contributed by atoms with Gasteiger partial charge in [-0.25, -0.2) is 9.59 Å². The first kappa shape index (κ1) is 36.7. The standard InChI is InChI=1S/C35H47Cl2NO5Si2/c1-34(2,3)42-33(40)38-30(32(39)41-20-21-44(7,8)9)24-25-22-28(36)31(29(37)23-25)43-45(35(4,5)6,26-16-12-10-13-17-26)27-18-14-11-15-19-27/h10-19,22-23,30H,20-21,24H2,1-9H3,(H,38,40)/t30-/m1/s1. The number of hydrogen-bond donors (Lipinski definition) is 1. The highest BCUT2D eigenvalue weighted by Gasteiger charge is 2.52. The van der Waals surface area contributed by atoms with Crippen molar-refractivity contribution < 1.29 is 23.5 Å². The van der Waals surface area contributed by atoms with Gasteiger partial charge >= 0.3 is 20.4 Å². The van der Waals surface area contributed by atoms with E-state index >= 15 is 0 Å². The first-order chi connectivity index (χ1) is 20.8. The van der Waals surface area contributed by atoms with Crippen LogP contribution in [0.1, 0.15) is 47.1 Å². The minimum atomic E-state index is -3.01. The molecule has 0 aliphatic heterocycles. The number of esters is 1. The molecule has 0 saturated carbocycles. The summed E-state index contributed by atoms with van der Waals surface area (Å²) in [4.78, 5) is 25.9. The van der Waals surface area contributed by atoms with E-state index in [2.05, 4.69) is 70.0 Å². The Morgan fingerprint density at radius 1 is 0.822 bits per heavy atom. The molecule has 0 heterocycles. The van der Waals surface area contributed by atoms with E-state index in [1.165, 1.54) is 0 Å². The fourth-order valence-electron chi connectivity index (χ4n) is 5.07. The molecule has 0 aromatic heterocycles. The van der Waals surface area contributed by atoms with Crippen molar-refractivity contribution in [3.8, 4) is 5.75 Å². The second-order valence-corrected chi connectivity index (χ2v) is 25.2. The minimum Gasteiger partial charge on any atom is -0.532 e. The SMILES string of the molecule is CC(C)(C)OC(=O)N[C@H](Cc1cc(Cl)c(O[Si](c2ccccc2)(c2ccccc2)C(C)(C)C)c(Cl)c1)C(=O)OCC[Si](C)(C)C. The number of ether oxygens (including phenoxy) is 2. The fourth-order valence-corrected chi connectivity index (χ4v) is 11.0. The third kappa shape index (κ3) is 10.1. The normalized spacial score (nSPS) is 13.1. The van der Waals surface area contributed by atoms with E-state index in [-0.39, 0.29) is 18.1 Å². The van der Waals surface area contributed by atoms with Crippen LogP contribution in [0.25, 0.3) is 0 Å². The maximum Gasteiger partial charge on any atom is 0.408 e. The van der Waals surface area contributed by atoms with E-state index in [9.17, 15) is 9.59 Å². The molecule has 0 spiro atoms. The molecular weight excluding hydrogens is 641 g/mol. The molecule has 0 aliphatic carbocycles. The predicted molar refractivity (Wildman–Crippen MR) is 191 cm³/mol. The Hall–Kier alpha value is -2.79. The van der Waals surface area contributed by atoms with Gasteiger partial charge in [0.1, 0.15) is 17.4 Å². The van der Waals surface area contributed by atoms with Crippen molar-refractivity contribution in [2.45, 2.75) is 90.3 Å². The molecule has 0 radical (unpaired) electrons. The summed E-state index contributed by atoms with van der Waals surface area (Å²) in [6, 6.07) is 23.7. The summed E-state index contributed by atoms with van der Waals surface area (Å²) in [5.74, 6) is -0.162. The van der Waals surface area contributed by atoms with Crippen molar-refractivity contribution in [2.24, 2.45) is 0 Å². The third-order valence-corrected chi connectivity index (χ3v) is 14.4. The Balaban J connectivity index is 2.00. The number of halogens is 2. The zero-order chi connectivity index (χ0) is 33.6. The van der Waals surface area contributed by atoms with Gasteiger partial charge in [-0.1, -0.05) is 124 Å². The monoisotopic (exact) mass is 687 g/mol. The van der Waals surface area contributed by atoms with Gasteiger partial charge in [-0.05, 0) is 59.9 Å². The average Bonchev–Trinajstić information content (AvgIpc) is 2.91. The van der Waals surface area contributed by atoms with Crippen LogP contribution in [0, 0.1) is 0 Å². The van der Waals surface area contributed by atoms with E-state index in [0.717, 1.165) is 16.4 Å². The second kappa shape index (κ2) is 14.8. The van der Waals surface area contributed by atoms with Crippen molar-refractivity contribution in [2.75, 3.05) is 6.61 Å². The van der Waals surface area contributed by atoms with Gasteiger partial charge in [0, 0.05) is 14.5 Å². The van der Waals surface area contributed by atoms with Gasteiger partial charge in [0.15, 0.2) is 0 Å². The summed E-state index contributed by atoms with van der Waals surface area (Å²) in [6.07, 6.45) is -0.609. The summed E-state index contributed by atoms with van der Waals surface area (Å²) >= 11 is 13.9. The second-order valence-electron chi connectivity index (χ2n) is 14.5. The molecule has 45 heavy (non-hydrogen) atoms. The highest BCUT2D eigenvalue weighted by molar-refractivity contribution is 7.00. The molecule has 0 aliphatic rings. The van der Waals surface area contributed by atoms with E-state index in [4.69, 9.17) is 37.1 Å². The summed E-state index contributed by atoms with van der Waals surface area (Å²) in [5.41, 5.74) is -0.0915. The lowest BCUT2D eigenvalue weighted by atomic mass is 10.1. The molecule has 3 rings (SSSR count). The van der Waals surface area contributed by atoms with Crippen LogP contribution in [0.4, 0.5) is 4.79 Å². The molecule has 0 fully saturated rings. The van der Waals surface area contributed by atoms with Crippen LogP contribution in [-0.2, 0) is 20.7 Å². The zero-order valence-corrected chi connectivity index (χ0v) is 31.4. The van der Waals surface area contributed by atoms with E-state index < -0.39 is 40.1 Å². The number of amides is 1. The molecule has 1 N–H and O–H groups in total. The number of rotatable bonds is 11. The van der Waals surface area contributed by atoms with Gasteiger partial charge in [0.2, 0.25) is 0 Å². The first-order valence-corrected chi connectivity index (χ1v) is 21.6. The number of alkyl carbamates (subject to hydrolysis) is 1. The van der Waals surface area contributed by atoms with E-state index in [0.29, 0.717) is 21.4 Å². The predicted octanol–water partition coefficient (Wildman–Crippen LogP) is 8.25. The Bertz CT molecular complexity index is 1390. The van der Waals surface area contributed by atoms with Gasteiger partial charge in [-0.3, -0.25) is 0 Å². The summed E-state index contributed by atoms with van der Waals surface area (Å²) < 4.78 is 18.2. The molecule has 6 nitrogen and oxygen atoms in total. The molecular formula is C35H47Cl2NO5Si2. The van der Waals surface area contributed by atoms with Crippen molar-refractivity contribution in [1.82, 2.24) is 5.32 Å². The summed E-state index contributed by atoms with van der Waals surface area (Å²) in [6.45, 7) is 18.7. The number of benzene rings is 3. The highest BCUT2D eigenvalue weighted by atomic mass is 35.5. The van der Waals surface area contributed by atoms with Gasteiger partial charge in [0.25, 0.3) is 0 Å². The quantitative estimate of drug-likeness (QED) is 0.162.